The predicted octanol–water partition coefficient (Wildman–Crippen LogP) is 4.50. The summed E-state index contributed by atoms with van der Waals surface area (Å²) in [4.78, 5) is 16.3. The summed E-state index contributed by atoms with van der Waals surface area (Å²) < 4.78 is 45.5. The van der Waals surface area contributed by atoms with E-state index in [2.05, 4.69) is 15.4 Å². The van der Waals surface area contributed by atoms with Crippen molar-refractivity contribution in [2.75, 3.05) is 5.32 Å². The molecule has 0 bridgehead atoms. The number of fused-ring (bicyclic) bond motifs is 1. The van der Waals surface area contributed by atoms with Crippen molar-refractivity contribution in [1.29, 1.82) is 0 Å². The molecular formula is C20H15F3N4O2. The summed E-state index contributed by atoms with van der Waals surface area (Å²) in [6.07, 6.45) is -3.03. The summed E-state index contributed by atoms with van der Waals surface area (Å²) in [5, 5.41) is 7.00. The molecule has 0 spiro atoms. The first-order valence-corrected chi connectivity index (χ1v) is 8.67. The van der Waals surface area contributed by atoms with Crippen LogP contribution in [0.3, 0.4) is 0 Å². The van der Waals surface area contributed by atoms with Crippen molar-refractivity contribution in [1.82, 2.24) is 14.6 Å². The van der Waals surface area contributed by atoms with Gasteiger partial charge in [-0.3, -0.25) is 4.79 Å². The van der Waals surface area contributed by atoms with E-state index < -0.39 is 17.6 Å². The molecule has 0 unspecified atom stereocenters. The lowest BCUT2D eigenvalue weighted by atomic mass is 10.1. The summed E-state index contributed by atoms with van der Waals surface area (Å²) in [5.41, 5.74) is 1.26. The predicted molar refractivity (Wildman–Crippen MR) is 99.2 cm³/mol. The molecule has 0 saturated heterocycles. The van der Waals surface area contributed by atoms with Crippen LogP contribution in [-0.2, 0) is 17.4 Å². The van der Waals surface area contributed by atoms with Crippen LogP contribution < -0.4 is 5.32 Å². The average molecular weight is 400 g/mol. The summed E-state index contributed by atoms with van der Waals surface area (Å²) in [6.45, 7) is 1.81. The number of halogens is 3. The second-order valence-electron chi connectivity index (χ2n) is 6.46. The molecule has 29 heavy (non-hydrogen) atoms. The van der Waals surface area contributed by atoms with Gasteiger partial charge in [0.25, 0.3) is 0 Å². The first-order valence-electron chi connectivity index (χ1n) is 8.67. The average Bonchev–Trinajstić information content (AvgIpc) is 3.24. The molecule has 2 heterocycles. The third-order valence-corrected chi connectivity index (χ3v) is 4.30. The van der Waals surface area contributed by atoms with Crippen LogP contribution in [0, 0.1) is 6.92 Å². The summed E-state index contributed by atoms with van der Waals surface area (Å²) in [7, 11) is 0. The van der Waals surface area contributed by atoms with E-state index in [0.717, 1.165) is 12.1 Å². The van der Waals surface area contributed by atoms with Crippen LogP contribution in [0.1, 0.15) is 17.0 Å². The Kier molecular flexibility index (Phi) is 4.57. The molecule has 0 saturated carbocycles. The van der Waals surface area contributed by atoms with Crippen molar-refractivity contribution in [2.45, 2.75) is 19.5 Å². The number of aryl methyl sites for hydroxylation is 1. The number of rotatable bonds is 4. The van der Waals surface area contributed by atoms with Crippen LogP contribution in [0.4, 0.5) is 18.9 Å². The highest BCUT2D eigenvalue weighted by atomic mass is 19.4. The van der Waals surface area contributed by atoms with Gasteiger partial charge in [-0.1, -0.05) is 18.2 Å². The number of hydrogen-bond donors (Lipinski definition) is 1. The first kappa shape index (κ1) is 18.7. The van der Waals surface area contributed by atoms with Crippen LogP contribution in [0.25, 0.3) is 17.2 Å². The fraction of sp³-hybridized carbons (Fsp3) is 0.150. The van der Waals surface area contributed by atoms with E-state index >= 15 is 0 Å². The Labute approximate surface area is 163 Å². The van der Waals surface area contributed by atoms with Gasteiger partial charge in [0.15, 0.2) is 0 Å². The number of amides is 1. The molecule has 1 N–H and O–H groups in total. The highest BCUT2D eigenvalue weighted by molar-refractivity contribution is 5.92. The molecule has 0 aliphatic rings. The van der Waals surface area contributed by atoms with Crippen molar-refractivity contribution < 1.29 is 22.4 Å². The molecule has 2 aromatic carbocycles. The number of anilines is 1. The summed E-state index contributed by atoms with van der Waals surface area (Å²) in [6, 6.07) is 11.5. The van der Waals surface area contributed by atoms with Gasteiger partial charge in [-0.15, -0.1) is 5.10 Å². The Morgan fingerprint density at radius 1 is 1.17 bits per heavy atom. The van der Waals surface area contributed by atoms with E-state index in [1.807, 2.05) is 6.92 Å². The van der Waals surface area contributed by atoms with Crippen LogP contribution in [0.15, 0.2) is 59.1 Å². The molecule has 4 rings (SSSR count). The molecule has 0 radical (unpaired) electrons. The number of nitrogens with one attached hydrogen (secondary N) is 1. The third-order valence-electron chi connectivity index (χ3n) is 4.30. The maximum atomic E-state index is 12.8. The van der Waals surface area contributed by atoms with Gasteiger partial charge in [-0.05, 0) is 42.8 Å². The lowest BCUT2D eigenvalue weighted by molar-refractivity contribution is -0.137. The molecule has 6 nitrogen and oxygen atoms in total. The lowest BCUT2D eigenvalue weighted by Crippen LogP contribution is -2.15. The smallest absolute Gasteiger partial charge is 0.416 e. The van der Waals surface area contributed by atoms with E-state index in [9.17, 15) is 18.0 Å². The SMILES string of the molecule is Cc1ncc2oc(-c3ccc(NC(=O)Cc4cccc(C(F)(F)F)c4)cc3)nn12. The Balaban J connectivity index is 1.44. The number of carbonyl (C=O) groups excluding carboxylic acids is 1. The molecular weight excluding hydrogens is 385 g/mol. The summed E-state index contributed by atoms with van der Waals surface area (Å²) >= 11 is 0. The number of alkyl halides is 3. The Bertz CT molecular complexity index is 1180. The number of aromatic nitrogens is 3. The van der Waals surface area contributed by atoms with Crippen molar-refractivity contribution in [3.8, 4) is 11.5 Å². The number of carbonyl (C=O) groups is 1. The minimum absolute atomic E-state index is 0.163. The maximum absolute atomic E-state index is 12.8. The van der Waals surface area contributed by atoms with E-state index in [1.54, 1.807) is 35.0 Å². The van der Waals surface area contributed by atoms with Crippen LogP contribution in [0.2, 0.25) is 0 Å². The lowest BCUT2D eigenvalue weighted by Gasteiger charge is -2.09. The molecule has 0 fully saturated rings. The molecule has 0 aliphatic carbocycles. The Morgan fingerprint density at radius 2 is 1.93 bits per heavy atom. The molecule has 1 amide bonds. The summed E-state index contributed by atoms with van der Waals surface area (Å²) in [5.74, 6) is 0.699. The van der Waals surface area contributed by atoms with Crippen LogP contribution >= 0.6 is 0 Å². The van der Waals surface area contributed by atoms with E-state index in [1.165, 1.54) is 12.1 Å². The minimum Gasteiger partial charge on any atom is -0.417 e. The van der Waals surface area contributed by atoms with Gasteiger partial charge in [0.05, 0.1) is 18.2 Å². The molecule has 2 aromatic heterocycles. The van der Waals surface area contributed by atoms with E-state index in [-0.39, 0.29) is 12.0 Å². The van der Waals surface area contributed by atoms with Gasteiger partial charge in [-0.2, -0.15) is 17.7 Å². The Hall–Kier alpha value is -3.62. The zero-order valence-corrected chi connectivity index (χ0v) is 15.2. The fourth-order valence-electron chi connectivity index (χ4n) is 2.88. The van der Waals surface area contributed by atoms with Gasteiger partial charge >= 0.3 is 6.18 Å². The van der Waals surface area contributed by atoms with Crippen molar-refractivity contribution in [3.05, 3.63) is 71.7 Å². The quantitative estimate of drug-likeness (QED) is 0.548. The molecule has 9 heteroatoms. The topological polar surface area (TPSA) is 72.4 Å². The molecule has 148 valence electrons. The van der Waals surface area contributed by atoms with Crippen molar-refractivity contribution in [2.24, 2.45) is 0 Å². The molecule has 4 aromatic rings. The highest BCUT2D eigenvalue weighted by Crippen LogP contribution is 2.29. The highest BCUT2D eigenvalue weighted by Gasteiger charge is 2.30. The fourth-order valence-corrected chi connectivity index (χ4v) is 2.88. The minimum atomic E-state index is -4.44. The van der Waals surface area contributed by atoms with Gasteiger partial charge < -0.3 is 9.73 Å². The molecule has 0 atom stereocenters. The van der Waals surface area contributed by atoms with Gasteiger partial charge in [0.1, 0.15) is 5.82 Å². The van der Waals surface area contributed by atoms with E-state index in [0.29, 0.717) is 28.7 Å². The second kappa shape index (κ2) is 7.08. The van der Waals surface area contributed by atoms with Gasteiger partial charge in [-0.25, -0.2) is 4.98 Å². The van der Waals surface area contributed by atoms with Crippen molar-refractivity contribution in [3.63, 3.8) is 0 Å². The standard InChI is InChI=1S/C20H15F3N4O2/c1-12-24-11-18-27(12)26-19(29-18)14-5-7-16(8-6-14)25-17(28)10-13-3-2-4-15(9-13)20(21,22)23/h2-9,11H,10H2,1H3,(H,25,28). The van der Waals surface area contributed by atoms with Crippen LogP contribution in [0.5, 0.6) is 0 Å². The normalized spacial score (nSPS) is 11.7. The number of nitrogens with zero attached hydrogens (tertiary/aromatic N) is 3. The van der Waals surface area contributed by atoms with E-state index in [4.69, 9.17) is 4.42 Å². The monoisotopic (exact) mass is 400 g/mol. The Morgan fingerprint density at radius 3 is 2.62 bits per heavy atom. The number of benzene rings is 2. The largest absolute Gasteiger partial charge is 0.417 e. The van der Waals surface area contributed by atoms with Gasteiger partial charge in [0.2, 0.25) is 17.5 Å². The number of hydrogen-bond acceptors (Lipinski definition) is 4. The second-order valence-corrected chi connectivity index (χ2v) is 6.46. The third kappa shape index (κ3) is 3.98. The molecule has 0 aliphatic heterocycles. The first-order chi connectivity index (χ1) is 13.8. The maximum Gasteiger partial charge on any atom is 0.416 e. The zero-order valence-electron chi connectivity index (χ0n) is 15.2. The van der Waals surface area contributed by atoms with Gasteiger partial charge in [0, 0.05) is 11.3 Å². The van der Waals surface area contributed by atoms with Crippen molar-refractivity contribution >= 4 is 17.3 Å². The van der Waals surface area contributed by atoms with Crippen LogP contribution in [-0.4, -0.2) is 20.5 Å². The zero-order chi connectivity index (χ0) is 20.6. The number of imidazole rings is 1.